The van der Waals surface area contributed by atoms with Gasteiger partial charge in [0.05, 0.1) is 6.33 Å². The molecule has 4 nitrogen and oxygen atoms in total. The third-order valence-electron chi connectivity index (χ3n) is 2.25. The van der Waals surface area contributed by atoms with Crippen LogP contribution in [0.3, 0.4) is 0 Å². The van der Waals surface area contributed by atoms with Gasteiger partial charge in [-0.25, -0.2) is 4.98 Å². The van der Waals surface area contributed by atoms with Crippen molar-refractivity contribution in [1.29, 1.82) is 10.5 Å². The zero-order chi connectivity index (χ0) is 10.6. The second-order valence-electron chi connectivity index (χ2n) is 3.33. The van der Waals surface area contributed by atoms with E-state index in [1.807, 2.05) is 12.1 Å². The van der Waals surface area contributed by atoms with Crippen LogP contribution in [0.5, 0.6) is 0 Å². The van der Waals surface area contributed by atoms with Gasteiger partial charge in [0.1, 0.15) is 12.1 Å². The van der Waals surface area contributed by atoms with Gasteiger partial charge in [0, 0.05) is 6.54 Å². The van der Waals surface area contributed by atoms with Crippen molar-refractivity contribution >= 4 is 0 Å². The average molecular weight is 188 g/mol. The monoisotopic (exact) mass is 188 g/mol. The highest BCUT2D eigenvalue weighted by Crippen LogP contribution is 2.10. The lowest BCUT2D eigenvalue weighted by molar-refractivity contribution is 0.466. The number of hydrogen-bond acceptors (Lipinski definition) is 3. The summed E-state index contributed by atoms with van der Waals surface area (Å²) in [4.78, 5) is 3.87. The van der Waals surface area contributed by atoms with E-state index in [4.69, 9.17) is 10.5 Å². The van der Waals surface area contributed by atoms with E-state index in [1.54, 1.807) is 10.9 Å². The van der Waals surface area contributed by atoms with Crippen molar-refractivity contribution in [2.45, 2.75) is 26.8 Å². The summed E-state index contributed by atoms with van der Waals surface area (Å²) in [6.45, 7) is 4.94. The number of nitrogens with zero attached hydrogens (tertiary/aromatic N) is 4. The summed E-state index contributed by atoms with van der Waals surface area (Å²) in [6.07, 6.45) is 2.61. The van der Waals surface area contributed by atoms with Gasteiger partial charge in [0.25, 0.3) is 0 Å². The minimum absolute atomic E-state index is 0.218. The van der Waals surface area contributed by atoms with E-state index in [9.17, 15) is 0 Å². The maximum Gasteiger partial charge on any atom is 0.176 e. The fourth-order valence-electron chi connectivity index (χ4n) is 1.18. The molecule has 0 amide bonds. The molecule has 14 heavy (non-hydrogen) atoms. The van der Waals surface area contributed by atoms with Crippen LogP contribution in [0.25, 0.3) is 0 Å². The predicted octanol–water partition coefficient (Wildman–Crippen LogP) is 1.67. The van der Waals surface area contributed by atoms with Crippen molar-refractivity contribution in [1.82, 2.24) is 9.55 Å². The summed E-state index contributed by atoms with van der Waals surface area (Å²) in [5.74, 6) is 0.489. The lowest BCUT2D eigenvalue weighted by atomic mass is 10.1. The van der Waals surface area contributed by atoms with Crippen LogP contribution in [0.4, 0.5) is 0 Å². The molecule has 0 N–H and O–H groups in total. The number of aromatic nitrogens is 2. The van der Waals surface area contributed by atoms with Crippen molar-refractivity contribution in [3.05, 3.63) is 17.7 Å². The molecular weight excluding hydrogens is 176 g/mol. The molecule has 0 aliphatic rings. The third-order valence-corrected chi connectivity index (χ3v) is 2.25. The molecule has 0 bridgehead atoms. The van der Waals surface area contributed by atoms with Crippen molar-refractivity contribution in [2.75, 3.05) is 0 Å². The molecule has 4 heteroatoms. The Morgan fingerprint density at radius 2 is 2.21 bits per heavy atom. The zero-order valence-corrected chi connectivity index (χ0v) is 8.36. The van der Waals surface area contributed by atoms with Gasteiger partial charge in [-0.1, -0.05) is 20.3 Å². The highest BCUT2D eigenvalue weighted by Gasteiger charge is 2.11. The first-order chi connectivity index (χ1) is 6.72. The molecule has 0 saturated carbocycles. The van der Waals surface area contributed by atoms with Gasteiger partial charge in [-0.15, -0.1) is 0 Å². The topological polar surface area (TPSA) is 65.4 Å². The maximum atomic E-state index is 8.84. The lowest BCUT2D eigenvalue weighted by Crippen LogP contribution is -2.07. The summed E-state index contributed by atoms with van der Waals surface area (Å²) in [5, 5.41) is 17.5. The SMILES string of the molecule is CCC(C)Cn1cnc(C#N)c1C#N. The van der Waals surface area contributed by atoms with Gasteiger partial charge in [0.2, 0.25) is 0 Å². The smallest absolute Gasteiger partial charge is 0.176 e. The van der Waals surface area contributed by atoms with Crippen LogP contribution in [-0.2, 0) is 6.54 Å². The highest BCUT2D eigenvalue weighted by molar-refractivity contribution is 5.35. The van der Waals surface area contributed by atoms with Crippen molar-refractivity contribution in [3.8, 4) is 12.1 Å². The van der Waals surface area contributed by atoms with Gasteiger partial charge in [-0.3, -0.25) is 0 Å². The standard InChI is InChI=1S/C10H12N4/c1-3-8(2)6-14-7-13-9(4-11)10(14)5-12/h7-8H,3,6H2,1-2H3. The van der Waals surface area contributed by atoms with E-state index in [2.05, 4.69) is 18.8 Å². The summed E-state index contributed by atoms with van der Waals surface area (Å²) in [7, 11) is 0. The van der Waals surface area contributed by atoms with Crippen LogP contribution in [0.15, 0.2) is 6.33 Å². The van der Waals surface area contributed by atoms with E-state index >= 15 is 0 Å². The first-order valence-corrected chi connectivity index (χ1v) is 4.58. The number of hydrogen-bond donors (Lipinski definition) is 0. The largest absolute Gasteiger partial charge is 0.321 e. The van der Waals surface area contributed by atoms with Crippen molar-refractivity contribution in [2.24, 2.45) is 5.92 Å². The second-order valence-corrected chi connectivity index (χ2v) is 3.33. The van der Waals surface area contributed by atoms with Gasteiger partial charge in [0.15, 0.2) is 11.4 Å². The van der Waals surface area contributed by atoms with Gasteiger partial charge < -0.3 is 4.57 Å². The molecule has 0 aliphatic carbocycles. The van der Waals surface area contributed by atoms with Crippen molar-refractivity contribution in [3.63, 3.8) is 0 Å². The average Bonchev–Trinajstić information content (AvgIpc) is 2.59. The molecule has 72 valence electrons. The van der Waals surface area contributed by atoms with Crippen LogP contribution in [0, 0.1) is 28.6 Å². The summed E-state index contributed by atoms with van der Waals surface area (Å²) < 4.78 is 1.74. The quantitative estimate of drug-likeness (QED) is 0.724. The molecule has 0 aliphatic heterocycles. The molecule has 0 saturated heterocycles. The third kappa shape index (κ3) is 1.92. The lowest BCUT2D eigenvalue weighted by Gasteiger charge is -2.09. The Morgan fingerprint density at radius 3 is 2.71 bits per heavy atom. The molecule has 1 aromatic rings. The Balaban J connectivity index is 2.95. The Kier molecular flexibility index (Phi) is 3.25. The first-order valence-electron chi connectivity index (χ1n) is 4.58. The summed E-state index contributed by atoms with van der Waals surface area (Å²) >= 11 is 0. The zero-order valence-electron chi connectivity index (χ0n) is 8.36. The molecule has 0 spiro atoms. The molecule has 1 atom stereocenters. The van der Waals surface area contributed by atoms with Crippen LogP contribution in [-0.4, -0.2) is 9.55 Å². The van der Waals surface area contributed by atoms with E-state index in [1.165, 1.54) is 0 Å². The summed E-state index contributed by atoms with van der Waals surface area (Å²) in [6, 6.07) is 3.91. The molecule has 1 heterocycles. The number of rotatable bonds is 3. The maximum absolute atomic E-state index is 8.84. The van der Waals surface area contributed by atoms with E-state index in [0.29, 0.717) is 11.6 Å². The highest BCUT2D eigenvalue weighted by atomic mass is 15.1. The van der Waals surface area contributed by atoms with Crippen LogP contribution in [0.1, 0.15) is 31.7 Å². The van der Waals surface area contributed by atoms with Gasteiger partial charge in [-0.05, 0) is 5.92 Å². The summed E-state index contributed by atoms with van der Waals surface area (Å²) in [5.41, 5.74) is 0.587. The van der Waals surface area contributed by atoms with E-state index < -0.39 is 0 Å². The first kappa shape index (κ1) is 10.3. The molecule has 0 aromatic carbocycles. The molecule has 1 unspecified atom stereocenters. The fraction of sp³-hybridized carbons (Fsp3) is 0.500. The molecule has 1 aromatic heterocycles. The molecule has 0 radical (unpaired) electrons. The number of imidazole rings is 1. The van der Waals surface area contributed by atoms with Crippen LogP contribution < -0.4 is 0 Å². The normalized spacial score (nSPS) is 11.7. The minimum Gasteiger partial charge on any atom is -0.321 e. The molecular formula is C10H12N4. The Bertz CT molecular complexity index is 391. The Labute approximate surface area is 83.4 Å². The van der Waals surface area contributed by atoms with E-state index in [-0.39, 0.29) is 5.69 Å². The van der Waals surface area contributed by atoms with E-state index in [0.717, 1.165) is 13.0 Å². The minimum atomic E-state index is 0.218. The van der Waals surface area contributed by atoms with Crippen LogP contribution >= 0.6 is 0 Å². The molecule has 1 rings (SSSR count). The molecule has 0 fully saturated rings. The van der Waals surface area contributed by atoms with Gasteiger partial charge >= 0.3 is 0 Å². The van der Waals surface area contributed by atoms with Gasteiger partial charge in [-0.2, -0.15) is 10.5 Å². The van der Waals surface area contributed by atoms with Crippen LogP contribution in [0.2, 0.25) is 0 Å². The van der Waals surface area contributed by atoms with Crippen molar-refractivity contribution < 1.29 is 0 Å². The second kappa shape index (κ2) is 4.43. The fourth-order valence-corrected chi connectivity index (χ4v) is 1.18. The Hall–Kier alpha value is -1.81. The Morgan fingerprint density at radius 1 is 1.50 bits per heavy atom. The predicted molar refractivity (Wildman–Crippen MR) is 51.1 cm³/mol. The number of nitriles is 2.